The summed E-state index contributed by atoms with van der Waals surface area (Å²) in [7, 11) is 12.1. The van der Waals surface area contributed by atoms with Crippen LogP contribution in [0, 0.1) is 0 Å². The number of hydrogen-bond donors (Lipinski definition) is 0. The van der Waals surface area contributed by atoms with Crippen molar-refractivity contribution in [3.8, 4) is 0 Å². The molecule has 0 N–H and O–H groups in total. The molecule has 1 unspecified atom stereocenters. The van der Waals surface area contributed by atoms with Gasteiger partial charge in [0, 0.05) is 32.5 Å². The van der Waals surface area contributed by atoms with Crippen LogP contribution in [0.1, 0.15) is 32.6 Å². The number of carbonyl (C=O) groups is 1. The van der Waals surface area contributed by atoms with Gasteiger partial charge in [0.25, 0.3) is 0 Å². The second-order valence-electron chi connectivity index (χ2n) is 5.19. The van der Waals surface area contributed by atoms with Crippen LogP contribution in [0.25, 0.3) is 0 Å². The lowest BCUT2D eigenvalue weighted by Gasteiger charge is -2.29. The van der Waals surface area contributed by atoms with Gasteiger partial charge < -0.3 is 9.80 Å². The van der Waals surface area contributed by atoms with Crippen LogP contribution in [0.15, 0.2) is 11.4 Å². The molecule has 1 amide bonds. The van der Waals surface area contributed by atoms with Gasteiger partial charge in [-0.25, -0.2) is 0 Å². The molecule has 1 rings (SSSR count). The molecule has 0 aromatic carbocycles. The van der Waals surface area contributed by atoms with Gasteiger partial charge in [0.1, 0.15) is 0 Å². The predicted octanol–water partition coefficient (Wildman–Crippen LogP) is 1.77. The normalized spacial score (nSPS) is 26.2. The van der Waals surface area contributed by atoms with Crippen LogP contribution >= 0.6 is 0 Å². The van der Waals surface area contributed by atoms with Crippen molar-refractivity contribution in [3.05, 3.63) is 11.4 Å². The Balaban J connectivity index is 3.07. The topological polar surface area (TPSA) is 23.6 Å². The molecule has 0 aromatic heterocycles. The Hall–Kier alpha value is -0.925. The first-order chi connectivity index (χ1) is 7.37. The second kappa shape index (κ2) is 4.94. The fourth-order valence-electron chi connectivity index (χ4n) is 2.24. The standard InChI is InChI=1S/C12H21BN2O/c1-12(13)7-5-6-10(15(4)9-16)11(8-12)14(2)3/h9H,5-8H2,1-4H3. The van der Waals surface area contributed by atoms with Crippen LogP contribution < -0.4 is 0 Å². The summed E-state index contributed by atoms with van der Waals surface area (Å²) < 4.78 is 0. The average molecular weight is 220 g/mol. The monoisotopic (exact) mass is 220 g/mol. The Morgan fingerprint density at radius 3 is 2.44 bits per heavy atom. The molecule has 3 nitrogen and oxygen atoms in total. The first kappa shape index (κ1) is 13.1. The quantitative estimate of drug-likeness (QED) is 0.534. The Labute approximate surface area is 99.9 Å². The molecule has 1 aliphatic carbocycles. The van der Waals surface area contributed by atoms with E-state index in [4.69, 9.17) is 7.85 Å². The average Bonchev–Trinajstić information content (AvgIpc) is 2.35. The molecule has 16 heavy (non-hydrogen) atoms. The fourth-order valence-corrected chi connectivity index (χ4v) is 2.24. The summed E-state index contributed by atoms with van der Waals surface area (Å²) >= 11 is 0. The minimum atomic E-state index is -0.162. The maximum absolute atomic E-state index is 10.9. The number of hydrogen-bond acceptors (Lipinski definition) is 2. The summed E-state index contributed by atoms with van der Waals surface area (Å²) in [6, 6.07) is 0. The molecule has 0 saturated heterocycles. The van der Waals surface area contributed by atoms with Crippen molar-refractivity contribution in [2.75, 3.05) is 21.1 Å². The van der Waals surface area contributed by atoms with Crippen molar-refractivity contribution < 1.29 is 4.79 Å². The molecule has 1 aliphatic rings. The summed E-state index contributed by atoms with van der Waals surface area (Å²) in [5.41, 5.74) is 2.28. The molecular formula is C12H21BN2O. The third kappa shape index (κ3) is 3.03. The van der Waals surface area contributed by atoms with Gasteiger partial charge in [-0.15, -0.1) is 0 Å². The van der Waals surface area contributed by atoms with E-state index in [1.165, 1.54) is 5.70 Å². The molecule has 4 heteroatoms. The van der Waals surface area contributed by atoms with E-state index in [1.54, 1.807) is 4.90 Å². The predicted molar refractivity (Wildman–Crippen MR) is 67.1 cm³/mol. The summed E-state index contributed by atoms with van der Waals surface area (Å²) in [5, 5.41) is -0.162. The van der Waals surface area contributed by atoms with Crippen LogP contribution in [0.3, 0.4) is 0 Å². The van der Waals surface area contributed by atoms with Gasteiger partial charge in [0.2, 0.25) is 6.41 Å². The number of rotatable bonds is 3. The van der Waals surface area contributed by atoms with Crippen molar-refractivity contribution in [1.29, 1.82) is 0 Å². The van der Waals surface area contributed by atoms with Gasteiger partial charge in [-0.1, -0.05) is 18.7 Å². The Kier molecular flexibility index (Phi) is 4.06. The molecule has 0 bridgehead atoms. The smallest absolute Gasteiger partial charge is 0.213 e. The molecular weight excluding hydrogens is 199 g/mol. The first-order valence-corrected chi connectivity index (χ1v) is 5.74. The molecule has 2 radical (unpaired) electrons. The summed E-state index contributed by atoms with van der Waals surface area (Å²) in [5.74, 6) is 0. The van der Waals surface area contributed by atoms with Crippen LogP contribution in [-0.4, -0.2) is 45.2 Å². The highest BCUT2D eigenvalue weighted by atomic mass is 16.1. The molecule has 0 aromatic rings. The van der Waals surface area contributed by atoms with E-state index in [0.29, 0.717) is 0 Å². The first-order valence-electron chi connectivity index (χ1n) is 5.74. The fraction of sp³-hybridized carbons (Fsp3) is 0.750. The zero-order valence-electron chi connectivity index (χ0n) is 10.8. The molecule has 1 atom stereocenters. The number of nitrogens with zero attached hydrogens (tertiary/aromatic N) is 2. The van der Waals surface area contributed by atoms with Gasteiger partial charge in [0.15, 0.2) is 0 Å². The molecule has 0 heterocycles. The minimum absolute atomic E-state index is 0.162. The number of carbonyl (C=O) groups excluding carboxylic acids is 1. The van der Waals surface area contributed by atoms with Gasteiger partial charge >= 0.3 is 0 Å². The summed E-state index contributed by atoms with van der Waals surface area (Å²) in [6.07, 6.45) is 4.67. The minimum Gasteiger partial charge on any atom is -0.380 e. The van der Waals surface area contributed by atoms with E-state index in [2.05, 4.69) is 11.8 Å². The van der Waals surface area contributed by atoms with Gasteiger partial charge in [-0.05, 0) is 19.3 Å². The Morgan fingerprint density at radius 1 is 1.31 bits per heavy atom. The van der Waals surface area contributed by atoms with Crippen molar-refractivity contribution in [2.24, 2.45) is 0 Å². The zero-order chi connectivity index (χ0) is 12.3. The molecule has 0 fully saturated rings. The highest BCUT2D eigenvalue weighted by Gasteiger charge is 2.26. The third-order valence-corrected chi connectivity index (χ3v) is 3.19. The number of allylic oxidation sites excluding steroid dienone is 2. The maximum atomic E-state index is 10.9. The SMILES string of the molecule is [B]C1(C)CCCC(N(C)C=O)=C(N(C)C)C1. The highest BCUT2D eigenvalue weighted by Crippen LogP contribution is 2.41. The van der Waals surface area contributed by atoms with Crippen molar-refractivity contribution >= 4 is 14.3 Å². The highest BCUT2D eigenvalue weighted by molar-refractivity contribution is 6.15. The molecule has 0 saturated carbocycles. The summed E-state index contributed by atoms with van der Waals surface area (Å²) in [4.78, 5) is 14.6. The van der Waals surface area contributed by atoms with E-state index in [1.807, 2.05) is 21.1 Å². The lowest BCUT2D eigenvalue weighted by molar-refractivity contribution is -0.115. The van der Waals surface area contributed by atoms with Crippen LogP contribution in [-0.2, 0) is 4.79 Å². The molecule has 88 valence electrons. The zero-order valence-corrected chi connectivity index (χ0v) is 10.8. The Bertz CT molecular complexity index is 297. The van der Waals surface area contributed by atoms with E-state index >= 15 is 0 Å². The van der Waals surface area contributed by atoms with Crippen LogP contribution in [0.5, 0.6) is 0 Å². The third-order valence-electron chi connectivity index (χ3n) is 3.19. The Morgan fingerprint density at radius 2 is 1.94 bits per heavy atom. The van der Waals surface area contributed by atoms with E-state index in [0.717, 1.165) is 37.8 Å². The van der Waals surface area contributed by atoms with Crippen LogP contribution in [0.4, 0.5) is 0 Å². The van der Waals surface area contributed by atoms with E-state index in [-0.39, 0.29) is 5.31 Å². The van der Waals surface area contributed by atoms with Gasteiger partial charge in [0.05, 0.1) is 7.85 Å². The van der Waals surface area contributed by atoms with Gasteiger partial charge in [-0.3, -0.25) is 4.79 Å². The second-order valence-corrected chi connectivity index (χ2v) is 5.19. The lowest BCUT2D eigenvalue weighted by Crippen LogP contribution is -2.24. The summed E-state index contributed by atoms with van der Waals surface area (Å²) in [6.45, 7) is 2.08. The number of amides is 1. The van der Waals surface area contributed by atoms with E-state index in [9.17, 15) is 4.79 Å². The van der Waals surface area contributed by atoms with E-state index < -0.39 is 0 Å². The van der Waals surface area contributed by atoms with Crippen molar-refractivity contribution in [3.63, 3.8) is 0 Å². The van der Waals surface area contributed by atoms with Crippen LogP contribution in [0.2, 0.25) is 5.31 Å². The molecule has 0 spiro atoms. The molecule has 0 aliphatic heterocycles. The van der Waals surface area contributed by atoms with Gasteiger partial charge in [-0.2, -0.15) is 0 Å². The van der Waals surface area contributed by atoms with Crippen molar-refractivity contribution in [1.82, 2.24) is 9.80 Å². The lowest BCUT2D eigenvalue weighted by atomic mass is 9.65. The maximum Gasteiger partial charge on any atom is 0.213 e. The van der Waals surface area contributed by atoms with Crippen molar-refractivity contribution in [2.45, 2.75) is 37.9 Å². The largest absolute Gasteiger partial charge is 0.380 e.